The maximum Gasteiger partial charge on any atom is 0.119 e. The molecule has 0 spiro atoms. The third-order valence-corrected chi connectivity index (χ3v) is 4.60. The van der Waals surface area contributed by atoms with Crippen molar-refractivity contribution in [1.82, 2.24) is 0 Å². The molecule has 0 radical (unpaired) electrons. The SMILES string of the molecule is COc1cccc(C(C)(O)c2cccc3ccsc23)c1. The molecule has 0 bridgehead atoms. The number of hydrogen-bond acceptors (Lipinski definition) is 3. The highest BCUT2D eigenvalue weighted by Gasteiger charge is 2.28. The molecule has 1 unspecified atom stereocenters. The van der Waals surface area contributed by atoms with Crippen molar-refractivity contribution in [2.24, 2.45) is 0 Å². The monoisotopic (exact) mass is 284 g/mol. The summed E-state index contributed by atoms with van der Waals surface area (Å²) in [5.41, 5.74) is 0.717. The molecule has 20 heavy (non-hydrogen) atoms. The highest BCUT2D eigenvalue weighted by atomic mass is 32.1. The van der Waals surface area contributed by atoms with Gasteiger partial charge in [-0.2, -0.15) is 0 Å². The van der Waals surface area contributed by atoms with Crippen molar-refractivity contribution in [1.29, 1.82) is 0 Å². The lowest BCUT2D eigenvalue weighted by Gasteiger charge is -2.25. The summed E-state index contributed by atoms with van der Waals surface area (Å²) in [5.74, 6) is 0.751. The van der Waals surface area contributed by atoms with Crippen LogP contribution in [0.5, 0.6) is 5.75 Å². The molecular weight excluding hydrogens is 268 g/mol. The van der Waals surface area contributed by atoms with Gasteiger partial charge >= 0.3 is 0 Å². The molecule has 2 aromatic carbocycles. The minimum absolute atomic E-state index is 0.751. The third kappa shape index (κ3) is 2.09. The van der Waals surface area contributed by atoms with E-state index in [1.165, 1.54) is 0 Å². The summed E-state index contributed by atoms with van der Waals surface area (Å²) >= 11 is 1.65. The number of fused-ring (bicyclic) bond motifs is 1. The van der Waals surface area contributed by atoms with Gasteiger partial charge in [-0.15, -0.1) is 11.3 Å². The van der Waals surface area contributed by atoms with Gasteiger partial charge in [0.15, 0.2) is 0 Å². The fourth-order valence-electron chi connectivity index (χ4n) is 2.46. The number of benzene rings is 2. The Labute approximate surface area is 122 Å². The van der Waals surface area contributed by atoms with Crippen LogP contribution in [0.2, 0.25) is 0 Å². The first kappa shape index (κ1) is 13.2. The molecule has 1 aromatic heterocycles. The number of ether oxygens (including phenoxy) is 1. The van der Waals surface area contributed by atoms with Gasteiger partial charge in [0.2, 0.25) is 0 Å². The van der Waals surface area contributed by atoms with E-state index in [2.05, 4.69) is 17.5 Å². The van der Waals surface area contributed by atoms with E-state index in [1.807, 2.05) is 43.3 Å². The minimum Gasteiger partial charge on any atom is -0.497 e. The first-order valence-corrected chi connectivity index (χ1v) is 7.34. The van der Waals surface area contributed by atoms with E-state index in [-0.39, 0.29) is 0 Å². The highest BCUT2D eigenvalue weighted by molar-refractivity contribution is 7.17. The van der Waals surface area contributed by atoms with Crippen molar-refractivity contribution in [3.05, 3.63) is 65.0 Å². The Morgan fingerprint density at radius 1 is 1.10 bits per heavy atom. The van der Waals surface area contributed by atoms with E-state index in [0.717, 1.165) is 27.0 Å². The van der Waals surface area contributed by atoms with E-state index in [9.17, 15) is 5.11 Å². The molecule has 1 atom stereocenters. The molecule has 1 N–H and O–H groups in total. The van der Waals surface area contributed by atoms with Crippen molar-refractivity contribution < 1.29 is 9.84 Å². The zero-order valence-electron chi connectivity index (χ0n) is 11.5. The number of aliphatic hydroxyl groups is 1. The van der Waals surface area contributed by atoms with Crippen molar-refractivity contribution in [3.63, 3.8) is 0 Å². The van der Waals surface area contributed by atoms with Crippen LogP contribution in [0.25, 0.3) is 10.1 Å². The van der Waals surface area contributed by atoms with Gasteiger partial charge < -0.3 is 9.84 Å². The Morgan fingerprint density at radius 2 is 1.90 bits per heavy atom. The number of rotatable bonds is 3. The number of methoxy groups -OCH3 is 1. The van der Waals surface area contributed by atoms with Gasteiger partial charge in [-0.05, 0) is 41.5 Å². The van der Waals surface area contributed by atoms with E-state index in [0.29, 0.717) is 0 Å². The van der Waals surface area contributed by atoms with Crippen LogP contribution in [0, 0.1) is 0 Å². The molecule has 3 rings (SSSR count). The standard InChI is InChI=1S/C17H16O2S/c1-17(18,13-6-4-7-14(11-13)19-2)15-8-3-5-12-9-10-20-16(12)15/h3-11,18H,1-2H3. The van der Waals surface area contributed by atoms with Gasteiger partial charge in [0, 0.05) is 10.3 Å². The zero-order valence-corrected chi connectivity index (χ0v) is 12.3. The summed E-state index contributed by atoms with van der Waals surface area (Å²) in [6.45, 7) is 1.83. The predicted molar refractivity (Wildman–Crippen MR) is 83.5 cm³/mol. The largest absolute Gasteiger partial charge is 0.497 e. The molecule has 3 heteroatoms. The van der Waals surface area contributed by atoms with Crippen LogP contribution < -0.4 is 4.74 Å². The quantitative estimate of drug-likeness (QED) is 0.782. The van der Waals surface area contributed by atoms with E-state index < -0.39 is 5.60 Å². The summed E-state index contributed by atoms with van der Waals surface area (Å²) in [6, 6.07) is 15.7. The summed E-state index contributed by atoms with van der Waals surface area (Å²) in [7, 11) is 1.63. The Hall–Kier alpha value is -1.84. The molecule has 0 amide bonds. The Morgan fingerprint density at radius 3 is 2.70 bits per heavy atom. The summed E-state index contributed by atoms with van der Waals surface area (Å²) < 4.78 is 6.38. The van der Waals surface area contributed by atoms with Gasteiger partial charge in [-0.3, -0.25) is 0 Å². The second-order valence-corrected chi connectivity index (χ2v) is 5.86. The Balaban J connectivity index is 2.17. The Bertz CT molecular complexity index is 743. The zero-order chi connectivity index (χ0) is 14.2. The average Bonchev–Trinajstić information content (AvgIpc) is 2.95. The van der Waals surface area contributed by atoms with E-state index in [1.54, 1.807) is 18.4 Å². The van der Waals surface area contributed by atoms with Crippen LogP contribution >= 0.6 is 11.3 Å². The molecule has 0 aliphatic carbocycles. The van der Waals surface area contributed by atoms with Crippen LogP contribution in [-0.2, 0) is 5.60 Å². The van der Waals surface area contributed by atoms with Gasteiger partial charge in [0.25, 0.3) is 0 Å². The molecule has 0 fully saturated rings. The lowest BCUT2D eigenvalue weighted by Crippen LogP contribution is -2.22. The normalized spacial score (nSPS) is 14.2. The molecule has 3 aromatic rings. The number of thiophene rings is 1. The first-order valence-electron chi connectivity index (χ1n) is 6.46. The molecule has 102 valence electrons. The van der Waals surface area contributed by atoms with Gasteiger partial charge in [-0.25, -0.2) is 0 Å². The molecule has 0 saturated carbocycles. The van der Waals surface area contributed by atoms with Crippen LogP contribution in [-0.4, -0.2) is 12.2 Å². The van der Waals surface area contributed by atoms with Crippen LogP contribution in [0.4, 0.5) is 0 Å². The third-order valence-electron chi connectivity index (χ3n) is 3.64. The van der Waals surface area contributed by atoms with E-state index >= 15 is 0 Å². The van der Waals surface area contributed by atoms with Crippen molar-refractivity contribution in [3.8, 4) is 5.75 Å². The highest BCUT2D eigenvalue weighted by Crippen LogP contribution is 2.37. The van der Waals surface area contributed by atoms with Crippen LogP contribution in [0.3, 0.4) is 0 Å². The average molecular weight is 284 g/mol. The maximum absolute atomic E-state index is 11.0. The lowest BCUT2D eigenvalue weighted by molar-refractivity contribution is 0.104. The molecule has 1 heterocycles. The second-order valence-electron chi connectivity index (χ2n) is 4.95. The maximum atomic E-state index is 11.0. The van der Waals surface area contributed by atoms with Gasteiger partial charge in [0.1, 0.15) is 11.4 Å². The summed E-state index contributed by atoms with van der Waals surface area (Å²) in [4.78, 5) is 0. The van der Waals surface area contributed by atoms with Crippen LogP contribution in [0.15, 0.2) is 53.9 Å². The molecule has 0 aliphatic heterocycles. The fraction of sp³-hybridized carbons (Fsp3) is 0.176. The predicted octanol–water partition coefficient (Wildman–Crippen LogP) is 4.17. The molecule has 0 saturated heterocycles. The summed E-state index contributed by atoms with van der Waals surface area (Å²) in [5, 5.41) is 14.3. The van der Waals surface area contributed by atoms with E-state index in [4.69, 9.17) is 4.74 Å². The topological polar surface area (TPSA) is 29.5 Å². The molecule has 2 nitrogen and oxygen atoms in total. The smallest absolute Gasteiger partial charge is 0.119 e. The van der Waals surface area contributed by atoms with Crippen LogP contribution in [0.1, 0.15) is 18.1 Å². The molecule has 0 aliphatic rings. The van der Waals surface area contributed by atoms with Gasteiger partial charge in [-0.1, -0.05) is 30.3 Å². The summed E-state index contributed by atoms with van der Waals surface area (Å²) in [6.07, 6.45) is 0. The van der Waals surface area contributed by atoms with Gasteiger partial charge in [0.05, 0.1) is 7.11 Å². The van der Waals surface area contributed by atoms with Crippen molar-refractivity contribution in [2.45, 2.75) is 12.5 Å². The molecular formula is C17H16O2S. The second kappa shape index (κ2) is 4.93. The Kier molecular flexibility index (Phi) is 3.24. The first-order chi connectivity index (χ1) is 9.63. The number of hydrogen-bond donors (Lipinski definition) is 1. The minimum atomic E-state index is -1.04. The fourth-order valence-corrected chi connectivity index (χ4v) is 3.47. The van der Waals surface area contributed by atoms with Crippen molar-refractivity contribution in [2.75, 3.05) is 7.11 Å². The lowest BCUT2D eigenvalue weighted by atomic mass is 9.87. The van der Waals surface area contributed by atoms with Crippen molar-refractivity contribution >= 4 is 21.4 Å².